The fourth-order valence-corrected chi connectivity index (χ4v) is 2.24. The monoisotopic (exact) mass is 301 g/mol. The van der Waals surface area contributed by atoms with Crippen molar-refractivity contribution < 1.29 is 14.7 Å². The van der Waals surface area contributed by atoms with Crippen molar-refractivity contribution in [1.29, 1.82) is 0 Å². The van der Waals surface area contributed by atoms with Crippen LogP contribution in [0.4, 0.5) is 4.79 Å². The average Bonchev–Trinajstić information content (AvgIpc) is 2.32. The molecule has 0 bridgehead atoms. The van der Waals surface area contributed by atoms with Crippen LogP contribution in [0, 0.1) is 11.8 Å². The molecule has 0 saturated heterocycles. The number of nitrogens with zero attached hydrogens (tertiary/aromatic N) is 1. The van der Waals surface area contributed by atoms with Gasteiger partial charge in [-0.15, -0.1) is 0 Å². The highest BCUT2D eigenvalue weighted by molar-refractivity contribution is 5.82. The van der Waals surface area contributed by atoms with Gasteiger partial charge in [0, 0.05) is 12.6 Å². The number of urea groups is 1. The van der Waals surface area contributed by atoms with Gasteiger partial charge < -0.3 is 20.6 Å². The number of hydrogen-bond donors (Lipinski definition) is 3. The summed E-state index contributed by atoms with van der Waals surface area (Å²) < 4.78 is 0. The molecule has 0 aliphatic rings. The van der Waals surface area contributed by atoms with Crippen LogP contribution in [0.5, 0.6) is 0 Å². The molecule has 21 heavy (non-hydrogen) atoms. The summed E-state index contributed by atoms with van der Waals surface area (Å²) in [7, 11) is 3.90. The summed E-state index contributed by atoms with van der Waals surface area (Å²) in [5.41, 5.74) is 0. The Morgan fingerprint density at radius 2 is 1.71 bits per heavy atom. The topological polar surface area (TPSA) is 81.7 Å². The van der Waals surface area contributed by atoms with E-state index in [9.17, 15) is 14.7 Å². The smallest absolute Gasteiger partial charge is 0.326 e. The normalized spacial score (nSPS) is 15.6. The summed E-state index contributed by atoms with van der Waals surface area (Å²) in [6.45, 7) is 8.66. The molecule has 0 aliphatic carbocycles. The van der Waals surface area contributed by atoms with E-state index in [1.54, 1.807) is 0 Å². The Morgan fingerprint density at radius 1 is 1.14 bits per heavy atom. The van der Waals surface area contributed by atoms with E-state index in [1.807, 2.05) is 32.8 Å². The molecule has 0 spiro atoms. The number of likely N-dealkylation sites (N-methyl/N-ethyl adjacent to an activating group) is 1. The molecule has 6 nitrogen and oxygen atoms in total. The maximum Gasteiger partial charge on any atom is 0.326 e. The molecule has 124 valence electrons. The Balaban J connectivity index is 4.62. The predicted molar refractivity (Wildman–Crippen MR) is 84.3 cm³/mol. The van der Waals surface area contributed by atoms with Crippen molar-refractivity contribution in [3.8, 4) is 0 Å². The molecule has 0 rings (SSSR count). The number of rotatable bonds is 9. The Kier molecular flexibility index (Phi) is 9.01. The fourth-order valence-electron chi connectivity index (χ4n) is 2.24. The second-order valence-electron chi connectivity index (χ2n) is 6.41. The molecule has 0 fully saturated rings. The van der Waals surface area contributed by atoms with Gasteiger partial charge in [0.1, 0.15) is 6.04 Å². The number of carboxylic acids is 1. The summed E-state index contributed by atoms with van der Waals surface area (Å²) in [6.07, 6.45) is 1.55. The van der Waals surface area contributed by atoms with Gasteiger partial charge in [-0.2, -0.15) is 0 Å². The Hall–Kier alpha value is -1.30. The molecule has 2 amide bonds. The Labute approximate surface area is 128 Å². The van der Waals surface area contributed by atoms with Gasteiger partial charge in [0.25, 0.3) is 0 Å². The van der Waals surface area contributed by atoms with Gasteiger partial charge in [-0.25, -0.2) is 9.59 Å². The lowest BCUT2D eigenvalue weighted by molar-refractivity contribution is -0.140. The summed E-state index contributed by atoms with van der Waals surface area (Å²) in [6, 6.07) is -1.25. The molecule has 3 atom stereocenters. The van der Waals surface area contributed by atoms with Gasteiger partial charge in [0.2, 0.25) is 0 Å². The summed E-state index contributed by atoms with van der Waals surface area (Å²) in [5, 5.41) is 14.7. The standard InChI is InChI=1S/C15H31N3O3/c1-7-11(4)13(14(19)20)17-15(21)16-12(8-10(2)3)9-18(5)6/h10-13H,7-9H2,1-6H3,(H,19,20)(H2,16,17,21). The largest absolute Gasteiger partial charge is 0.480 e. The van der Waals surface area contributed by atoms with E-state index in [-0.39, 0.29) is 12.0 Å². The summed E-state index contributed by atoms with van der Waals surface area (Å²) in [5.74, 6) is -0.641. The van der Waals surface area contributed by atoms with Gasteiger partial charge in [-0.1, -0.05) is 34.1 Å². The number of amides is 2. The van der Waals surface area contributed by atoms with Crippen molar-refractivity contribution in [2.45, 2.75) is 52.6 Å². The minimum absolute atomic E-state index is 0.00591. The van der Waals surface area contributed by atoms with Crippen molar-refractivity contribution >= 4 is 12.0 Å². The van der Waals surface area contributed by atoms with E-state index in [4.69, 9.17) is 0 Å². The highest BCUT2D eigenvalue weighted by Crippen LogP contribution is 2.09. The maximum atomic E-state index is 12.0. The van der Waals surface area contributed by atoms with Crippen LogP contribution >= 0.6 is 0 Å². The third-order valence-electron chi connectivity index (χ3n) is 3.44. The van der Waals surface area contributed by atoms with Crippen LogP contribution in [0.3, 0.4) is 0 Å². The van der Waals surface area contributed by atoms with E-state index < -0.39 is 18.0 Å². The lowest BCUT2D eigenvalue weighted by atomic mass is 9.99. The zero-order valence-electron chi connectivity index (χ0n) is 14.1. The van der Waals surface area contributed by atoms with Crippen molar-refractivity contribution in [3.05, 3.63) is 0 Å². The van der Waals surface area contributed by atoms with Crippen LogP contribution in [0.2, 0.25) is 0 Å². The molecule has 0 heterocycles. The van der Waals surface area contributed by atoms with Crippen LogP contribution in [-0.4, -0.2) is 54.7 Å². The fraction of sp³-hybridized carbons (Fsp3) is 0.867. The third-order valence-corrected chi connectivity index (χ3v) is 3.44. The van der Waals surface area contributed by atoms with Crippen LogP contribution < -0.4 is 10.6 Å². The molecule has 0 aromatic rings. The van der Waals surface area contributed by atoms with E-state index in [0.717, 1.165) is 13.0 Å². The SMILES string of the molecule is CCC(C)C(NC(=O)NC(CC(C)C)CN(C)C)C(=O)O. The third kappa shape index (κ3) is 8.55. The molecule has 0 saturated carbocycles. The number of hydrogen-bond acceptors (Lipinski definition) is 3. The molecule has 0 aromatic heterocycles. The zero-order chi connectivity index (χ0) is 16.6. The van der Waals surface area contributed by atoms with Gasteiger partial charge in [-0.05, 0) is 32.4 Å². The highest BCUT2D eigenvalue weighted by Gasteiger charge is 2.26. The molecular formula is C15H31N3O3. The molecule has 3 unspecified atom stereocenters. The first-order chi connectivity index (χ1) is 9.67. The van der Waals surface area contributed by atoms with Gasteiger partial charge >= 0.3 is 12.0 Å². The Morgan fingerprint density at radius 3 is 2.10 bits per heavy atom. The second-order valence-corrected chi connectivity index (χ2v) is 6.41. The molecular weight excluding hydrogens is 270 g/mol. The molecule has 6 heteroatoms. The lowest BCUT2D eigenvalue weighted by Crippen LogP contribution is -2.53. The van der Waals surface area contributed by atoms with Gasteiger partial charge in [0.05, 0.1) is 0 Å². The number of carbonyl (C=O) groups excluding carboxylic acids is 1. The minimum atomic E-state index is -0.993. The summed E-state index contributed by atoms with van der Waals surface area (Å²) in [4.78, 5) is 25.3. The van der Waals surface area contributed by atoms with Crippen LogP contribution in [0.25, 0.3) is 0 Å². The lowest BCUT2D eigenvalue weighted by Gasteiger charge is -2.26. The number of carbonyl (C=O) groups is 2. The van der Waals surface area contributed by atoms with E-state index in [0.29, 0.717) is 12.3 Å². The Bertz CT molecular complexity index is 322. The van der Waals surface area contributed by atoms with Crippen molar-refractivity contribution in [3.63, 3.8) is 0 Å². The van der Waals surface area contributed by atoms with Crippen molar-refractivity contribution in [1.82, 2.24) is 15.5 Å². The van der Waals surface area contributed by atoms with Crippen molar-refractivity contribution in [2.75, 3.05) is 20.6 Å². The second kappa shape index (κ2) is 9.60. The molecule has 0 aliphatic heterocycles. The van der Waals surface area contributed by atoms with Crippen LogP contribution in [0.1, 0.15) is 40.5 Å². The summed E-state index contributed by atoms with van der Waals surface area (Å²) >= 11 is 0. The van der Waals surface area contributed by atoms with E-state index >= 15 is 0 Å². The van der Waals surface area contributed by atoms with Crippen molar-refractivity contribution in [2.24, 2.45) is 11.8 Å². The number of carboxylic acid groups (broad SMARTS) is 1. The van der Waals surface area contributed by atoms with E-state index in [1.165, 1.54) is 0 Å². The van der Waals surface area contributed by atoms with E-state index in [2.05, 4.69) is 24.5 Å². The first-order valence-electron chi connectivity index (χ1n) is 7.61. The minimum Gasteiger partial charge on any atom is -0.480 e. The van der Waals surface area contributed by atoms with Gasteiger partial charge in [-0.3, -0.25) is 0 Å². The predicted octanol–water partition coefficient (Wildman–Crippen LogP) is 1.76. The zero-order valence-corrected chi connectivity index (χ0v) is 14.1. The maximum absolute atomic E-state index is 12.0. The van der Waals surface area contributed by atoms with Crippen LogP contribution in [-0.2, 0) is 4.79 Å². The van der Waals surface area contributed by atoms with Gasteiger partial charge in [0.15, 0.2) is 0 Å². The average molecular weight is 301 g/mol. The quantitative estimate of drug-likeness (QED) is 0.606. The van der Waals surface area contributed by atoms with Crippen LogP contribution in [0.15, 0.2) is 0 Å². The number of aliphatic carboxylic acids is 1. The molecule has 3 N–H and O–H groups in total. The molecule has 0 aromatic carbocycles. The number of nitrogens with one attached hydrogen (secondary N) is 2. The first-order valence-corrected chi connectivity index (χ1v) is 7.61. The highest BCUT2D eigenvalue weighted by atomic mass is 16.4. The first kappa shape index (κ1) is 19.7. The molecule has 0 radical (unpaired) electrons.